The van der Waals surface area contributed by atoms with Crippen molar-refractivity contribution in [2.24, 2.45) is 5.73 Å². The summed E-state index contributed by atoms with van der Waals surface area (Å²) in [6.07, 6.45) is 3.70. The van der Waals surface area contributed by atoms with E-state index in [2.05, 4.69) is 20.2 Å². The molecule has 3 aliphatic rings. The number of likely N-dealkylation sites (N-methyl/N-ethyl adjacent to an activating group) is 1. The number of amides is 2. The van der Waals surface area contributed by atoms with Gasteiger partial charge in [0, 0.05) is 62.0 Å². The number of fused-ring (bicyclic) bond motifs is 1. The van der Waals surface area contributed by atoms with E-state index in [1.54, 1.807) is 9.58 Å². The highest BCUT2D eigenvalue weighted by Gasteiger charge is 2.41. The summed E-state index contributed by atoms with van der Waals surface area (Å²) in [5, 5.41) is 7.76. The Morgan fingerprint density at radius 2 is 1.86 bits per heavy atom. The predicted molar refractivity (Wildman–Crippen MR) is 163 cm³/mol. The van der Waals surface area contributed by atoms with Crippen molar-refractivity contribution in [3.8, 4) is 5.69 Å². The maximum Gasteiger partial charge on any atom is 0.252 e. The molecule has 1 aromatic heterocycles. The van der Waals surface area contributed by atoms with Crippen LogP contribution in [-0.2, 0) is 14.3 Å². The number of carbonyl (C=O) groups excluding carboxylic acids is 2. The van der Waals surface area contributed by atoms with E-state index in [0.717, 1.165) is 67.6 Å². The zero-order chi connectivity index (χ0) is 29.2. The molecule has 2 amide bonds. The molecule has 0 bridgehead atoms. The van der Waals surface area contributed by atoms with Crippen LogP contribution in [-0.4, -0.2) is 96.0 Å². The summed E-state index contributed by atoms with van der Waals surface area (Å²) in [6, 6.07) is 17.2. The summed E-state index contributed by atoms with van der Waals surface area (Å²) in [5.74, 6) is 0.0608. The number of nitrogens with two attached hydrogens (primary N) is 1. The Morgan fingerprint density at radius 3 is 2.52 bits per heavy atom. The largest absolute Gasteiger partial charge is 0.378 e. The number of aromatic nitrogens is 2. The summed E-state index contributed by atoms with van der Waals surface area (Å²) in [6.45, 7) is 10.4. The number of piperazine rings is 1. The van der Waals surface area contributed by atoms with Crippen molar-refractivity contribution in [3.05, 3.63) is 83.6 Å². The van der Waals surface area contributed by atoms with Gasteiger partial charge in [-0.1, -0.05) is 36.4 Å². The standard InChI is InChI=1S/C32H39N7O3/c1-3-22(19-36-13-15-37(16-14-36)26-20-42-21-26)30(40)35-24-10-8-9-23(17-24)28-27-18-34-39(25-11-6-5-7-12-25)31(27)38(4-2)32(41)29(28)33/h3,5-12,17-18,26,28-29H,4,13-16,19-21,33H2,1-2H3,(H,35,40)/b22-3+/t28-,29?/m1/s1. The Bertz CT molecular complexity index is 1460. The number of hydrogen-bond donors (Lipinski definition) is 2. The third-order valence-electron chi connectivity index (χ3n) is 8.67. The van der Waals surface area contributed by atoms with Crippen LogP contribution in [0.5, 0.6) is 0 Å². The van der Waals surface area contributed by atoms with Crippen molar-refractivity contribution in [1.29, 1.82) is 0 Å². The minimum atomic E-state index is -0.770. The van der Waals surface area contributed by atoms with Gasteiger partial charge in [-0.05, 0) is 43.7 Å². The minimum Gasteiger partial charge on any atom is -0.378 e. The summed E-state index contributed by atoms with van der Waals surface area (Å²) in [5.41, 5.74) is 10.6. The molecule has 2 atom stereocenters. The smallest absolute Gasteiger partial charge is 0.252 e. The van der Waals surface area contributed by atoms with Crippen molar-refractivity contribution in [2.45, 2.75) is 31.8 Å². The normalized spacial score (nSPS) is 22.1. The van der Waals surface area contributed by atoms with Crippen LogP contribution < -0.4 is 16.0 Å². The highest BCUT2D eigenvalue weighted by molar-refractivity contribution is 6.04. The van der Waals surface area contributed by atoms with Crippen LogP contribution in [0.15, 0.2) is 72.4 Å². The van der Waals surface area contributed by atoms with Crippen molar-refractivity contribution in [2.75, 3.05) is 62.7 Å². The topological polar surface area (TPSA) is 109 Å². The molecule has 4 heterocycles. The van der Waals surface area contributed by atoms with Gasteiger partial charge in [-0.2, -0.15) is 5.10 Å². The molecule has 3 aliphatic heterocycles. The highest BCUT2D eigenvalue weighted by atomic mass is 16.5. The van der Waals surface area contributed by atoms with Gasteiger partial charge in [-0.25, -0.2) is 4.68 Å². The quantitative estimate of drug-likeness (QED) is 0.402. The Balaban J connectivity index is 1.20. The average molecular weight is 570 g/mol. The van der Waals surface area contributed by atoms with Gasteiger partial charge >= 0.3 is 0 Å². The lowest BCUT2D eigenvalue weighted by Crippen LogP contribution is -2.56. The van der Waals surface area contributed by atoms with E-state index in [-0.39, 0.29) is 11.8 Å². The number of nitrogens with zero attached hydrogens (tertiary/aromatic N) is 5. The van der Waals surface area contributed by atoms with Crippen molar-refractivity contribution < 1.29 is 14.3 Å². The summed E-state index contributed by atoms with van der Waals surface area (Å²) in [7, 11) is 0. The number of hydrogen-bond acceptors (Lipinski definition) is 7. The lowest BCUT2D eigenvalue weighted by molar-refractivity contribution is -0.120. The van der Waals surface area contributed by atoms with Gasteiger partial charge in [-0.15, -0.1) is 0 Å². The van der Waals surface area contributed by atoms with Gasteiger partial charge in [0.25, 0.3) is 5.91 Å². The van der Waals surface area contributed by atoms with Gasteiger partial charge in [0.15, 0.2) is 0 Å². The van der Waals surface area contributed by atoms with Gasteiger partial charge in [-0.3, -0.25) is 24.3 Å². The summed E-state index contributed by atoms with van der Waals surface area (Å²) >= 11 is 0. The van der Waals surface area contributed by atoms with E-state index in [1.807, 2.05) is 80.7 Å². The van der Waals surface area contributed by atoms with E-state index in [9.17, 15) is 9.59 Å². The van der Waals surface area contributed by atoms with Crippen LogP contribution in [0.3, 0.4) is 0 Å². The first kappa shape index (κ1) is 28.3. The number of rotatable bonds is 8. The van der Waals surface area contributed by atoms with Gasteiger partial charge in [0.1, 0.15) is 5.82 Å². The molecule has 3 aromatic rings. The first-order valence-electron chi connectivity index (χ1n) is 14.8. The SMILES string of the molecule is C/C=C(\CN1CCN(C2COC2)CC1)C(=O)Nc1cccc([C@@H]2c3cnn(-c4ccccc4)c3N(CC)C(=O)C2N)c1. The van der Waals surface area contributed by atoms with E-state index in [0.29, 0.717) is 24.8 Å². The molecule has 0 saturated carbocycles. The maximum absolute atomic E-state index is 13.5. The number of benzene rings is 2. The molecule has 220 valence electrons. The van der Waals surface area contributed by atoms with E-state index in [1.165, 1.54) is 0 Å². The molecule has 2 saturated heterocycles. The molecule has 10 nitrogen and oxygen atoms in total. The highest BCUT2D eigenvalue weighted by Crippen LogP contribution is 2.41. The van der Waals surface area contributed by atoms with Crippen molar-refractivity contribution in [3.63, 3.8) is 0 Å². The lowest BCUT2D eigenvalue weighted by atomic mass is 9.83. The van der Waals surface area contributed by atoms with Gasteiger partial charge < -0.3 is 15.8 Å². The van der Waals surface area contributed by atoms with Crippen LogP contribution in [0.4, 0.5) is 11.5 Å². The fourth-order valence-corrected chi connectivity index (χ4v) is 6.19. The lowest BCUT2D eigenvalue weighted by Gasteiger charge is -2.42. The zero-order valence-corrected chi connectivity index (χ0v) is 24.3. The van der Waals surface area contributed by atoms with Gasteiger partial charge in [0.05, 0.1) is 37.2 Å². The Morgan fingerprint density at radius 1 is 1.10 bits per heavy atom. The molecular weight excluding hydrogens is 530 g/mol. The third-order valence-corrected chi connectivity index (χ3v) is 8.67. The van der Waals surface area contributed by atoms with Crippen LogP contribution in [0, 0.1) is 0 Å². The number of carbonyl (C=O) groups is 2. The molecule has 2 aromatic carbocycles. The Hall–Kier alpha value is -3.83. The molecule has 3 N–H and O–H groups in total. The second-order valence-electron chi connectivity index (χ2n) is 11.2. The number of nitrogens with one attached hydrogen (secondary N) is 1. The van der Waals surface area contributed by atoms with Gasteiger partial charge in [0.2, 0.25) is 5.91 Å². The molecule has 0 radical (unpaired) electrons. The van der Waals surface area contributed by atoms with E-state index >= 15 is 0 Å². The Kier molecular flexibility index (Phi) is 8.21. The number of anilines is 2. The third kappa shape index (κ3) is 5.38. The fraction of sp³-hybridized carbons (Fsp3) is 0.406. The molecule has 6 rings (SSSR count). The predicted octanol–water partition coefficient (Wildman–Crippen LogP) is 2.60. The van der Waals surface area contributed by atoms with Crippen LogP contribution >= 0.6 is 0 Å². The van der Waals surface area contributed by atoms with Crippen LogP contribution in [0.1, 0.15) is 30.9 Å². The summed E-state index contributed by atoms with van der Waals surface area (Å²) < 4.78 is 7.15. The minimum absolute atomic E-state index is 0.122. The average Bonchev–Trinajstić information content (AvgIpc) is 3.41. The fourth-order valence-electron chi connectivity index (χ4n) is 6.19. The molecule has 0 aliphatic carbocycles. The molecular formula is C32H39N7O3. The molecule has 42 heavy (non-hydrogen) atoms. The first-order chi connectivity index (χ1) is 20.5. The summed E-state index contributed by atoms with van der Waals surface area (Å²) in [4.78, 5) is 33.4. The molecule has 1 unspecified atom stereocenters. The monoisotopic (exact) mass is 569 g/mol. The first-order valence-corrected chi connectivity index (χ1v) is 14.8. The number of ether oxygens (including phenoxy) is 1. The molecule has 2 fully saturated rings. The van der Waals surface area contributed by atoms with E-state index < -0.39 is 12.0 Å². The van der Waals surface area contributed by atoms with Crippen LogP contribution in [0.25, 0.3) is 5.69 Å². The zero-order valence-electron chi connectivity index (χ0n) is 24.3. The second-order valence-corrected chi connectivity index (χ2v) is 11.2. The molecule has 0 spiro atoms. The maximum atomic E-state index is 13.5. The second kappa shape index (κ2) is 12.2. The number of allylic oxidation sites excluding steroid dienone is 1. The Labute approximate surface area is 246 Å². The van der Waals surface area contributed by atoms with Crippen molar-refractivity contribution >= 4 is 23.3 Å². The van der Waals surface area contributed by atoms with Crippen LogP contribution in [0.2, 0.25) is 0 Å². The van der Waals surface area contributed by atoms with E-state index in [4.69, 9.17) is 10.5 Å². The number of para-hydroxylation sites is 1. The molecule has 10 heteroatoms. The van der Waals surface area contributed by atoms with Crippen molar-refractivity contribution in [1.82, 2.24) is 19.6 Å².